The Balaban J connectivity index is 1.95. The number of carbonyl (C=O) groups excluding carboxylic acids is 1. The molecule has 0 aliphatic rings. The van der Waals surface area contributed by atoms with Crippen LogP contribution in [0.3, 0.4) is 0 Å². The molecule has 2 aromatic heterocycles. The zero-order valence-electron chi connectivity index (χ0n) is 13.5. The summed E-state index contributed by atoms with van der Waals surface area (Å²) in [6.07, 6.45) is 2.48. The topological polar surface area (TPSA) is 117 Å². The molecular formula is C16H12FN5O3S. The third-order valence-electron chi connectivity index (χ3n) is 3.39. The van der Waals surface area contributed by atoms with Gasteiger partial charge >= 0.3 is 0 Å². The van der Waals surface area contributed by atoms with E-state index in [1.165, 1.54) is 28.9 Å². The molecule has 3 aromatic rings. The van der Waals surface area contributed by atoms with E-state index >= 15 is 0 Å². The Morgan fingerprint density at radius 1 is 1.35 bits per heavy atom. The average molecular weight is 373 g/mol. The van der Waals surface area contributed by atoms with Crippen LogP contribution in [0.5, 0.6) is 0 Å². The van der Waals surface area contributed by atoms with Crippen molar-refractivity contribution >= 4 is 27.3 Å². The van der Waals surface area contributed by atoms with Gasteiger partial charge < -0.3 is 0 Å². The maximum Gasteiger partial charge on any atom is 0.249 e. The predicted molar refractivity (Wildman–Crippen MR) is 91.4 cm³/mol. The summed E-state index contributed by atoms with van der Waals surface area (Å²) in [6, 6.07) is 9.04. The van der Waals surface area contributed by atoms with Crippen LogP contribution in [0.25, 0.3) is 16.8 Å². The molecule has 1 amide bonds. The SMILES string of the molecule is CS(=O)(=O)CC(=O)Nc1nc2ccc(-c3cc(F)ccc3C#N)cn2n1. The quantitative estimate of drug-likeness (QED) is 0.738. The highest BCUT2D eigenvalue weighted by Gasteiger charge is 2.14. The predicted octanol–water partition coefficient (Wildman–Crippen LogP) is 1.39. The third kappa shape index (κ3) is 3.84. The van der Waals surface area contributed by atoms with Crippen molar-refractivity contribution in [2.45, 2.75) is 0 Å². The number of benzene rings is 1. The number of nitrogens with one attached hydrogen (secondary N) is 1. The lowest BCUT2D eigenvalue weighted by Crippen LogP contribution is -2.22. The van der Waals surface area contributed by atoms with E-state index in [4.69, 9.17) is 0 Å². The fraction of sp³-hybridized carbons (Fsp3) is 0.125. The van der Waals surface area contributed by atoms with Crippen molar-refractivity contribution in [2.75, 3.05) is 17.3 Å². The van der Waals surface area contributed by atoms with Crippen molar-refractivity contribution in [1.82, 2.24) is 14.6 Å². The van der Waals surface area contributed by atoms with E-state index in [-0.39, 0.29) is 5.95 Å². The van der Waals surface area contributed by atoms with E-state index in [0.717, 1.165) is 6.26 Å². The molecule has 0 saturated carbocycles. The minimum absolute atomic E-state index is 0.0597. The van der Waals surface area contributed by atoms with Gasteiger partial charge in [-0.05, 0) is 30.3 Å². The van der Waals surface area contributed by atoms with Gasteiger partial charge in [-0.25, -0.2) is 17.3 Å². The molecule has 132 valence electrons. The van der Waals surface area contributed by atoms with Crippen LogP contribution in [0, 0.1) is 17.1 Å². The normalized spacial score (nSPS) is 11.3. The fourth-order valence-electron chi connectivity index (χ4n) is 2.35. The van der Waals surface area contributed by atoms with Crippen LogP contribution < -0.4 is 5.32 Å². The average Bonchev–Trinajstić information content (AvgIpc) is 2.93. The van der Waals surface area contributed by atoms with Crippen molar-refractivity contribution in [1.29, 1.82) is 5.26 Å². The molecule has 8 nitrogen and oxygen atoms in total. The maximum atomic E-state index is 13.5. The highest BCUT2D eigenvalue weighted by atomic mass is 32.2. The van der Waals surface area contributed by atoms with Gasteiger partial charge in [-0.15, -0.1) is 5.10 Å². The maximum absolute atomic E-state index is 13.5. The van der Waals surface area contributed by atoms with Crippen LogP contribution in [0.4, 0.5) is 10.3 Å². The summed E-state index contributed by atoms with van der Waals surface area (Å²) in [5.41, 5.74) is 1.62. The van der Waals surface area contributed by atoms with Crippen LogP contribution in [0.15, 0.2) is 36.5 Å². The lowest BCUT2D eigenvalue weighted by molar-refractivity contribution is -0.113. The Labute approximate surface area is 147 Å². The summed E-state index contributed by atoms with van der Waals surface area (Å²) < 4.78 is 37.1. The second kappa shape index (κ2) is 6.53. The number of anilines is 1. The first kappa shape index (κ1) is 17.5. The van der Waals surface area contributed by atoms with Gasteiger partial charge in [0.15, 0.2) is 15.5 Å². The minimum Gasteiger partial charge on any atom is -0.292 e. The Morgan fingerprint density at radius 2 is 2.12 bits per heavy atom. The lowest BCUT2D eigenvalue weighted by Gasteiger charge is -2.04. The first-order valence-electron chi connectivity index (χ1n) is 7.29. The number of nitriles is 1. The number of hydrogen-bond acceptors (Lipinski definition) is 6. The summed E-state index contributed by atoms with van der Waals surface area (Å²) in [4.78, 5) is 15.7. The fourth-order valence-corrected chi connectivity index (χ4v) is 2.90. The lowest BCUT2D eigenvalue weighted by atomic mass is 10.0. The molecule has 0 aliphatic heterocycles. The molecule has 1 aromatic carbocycles. The van der Waals surface area contributed by atoms with Gasteiger partial charge in [-0.3, -0.25) is 10.1 Å². The van der Waals surface area contributed by atoms with E-state index in [9.17, 15) is 22.9 Å². The van der Waals surface area contributed by atoms with Crippen LogP contribution in [-0.4, -0.2) is 40.9 Å². The van der Waals surface area contributed by atoms with Gasteiger partial charge in [0.05, 0.1) is 11.6 Å². The minimum atomic E-state index is -3.47. The van der Waals surface area contributed by atoms with E-state index in [2.05, 4.69) is 15.4 Å². The highest BCUT2D eigenvalue weighted by Crippen LogP contribution is 2.24. The largest absolute Gasteiger partial charge is 0.292 e. The molecule has 0 spiro atoms. The number of hydrogen-bond donors (Lipinski definition) is 1. The summed E-state index contributed by atoms with van der Waals surface area (Å²) in [5.74, 6) is -1.97. The van der Waals surface area contributed by atoms with Gasteiger partial charge in [0.1, 0.15) is 11.6 Å². The van der Waals surface area contributed by atoms with Gasteiger partial charge in [0, 0.05) is 23.6 Å². The number of amides is 1. The molecule has 0 fully saturated rings. The number of aromatic nitrogens is 3. The summed E-state index contributed by atoms with van der Waals surface area (Å²) in [7, 11) is -3.47. The third-order valence-corrected chi connectivity index (χ3v) is 4.18. The summed E-state index contributed by atoms with van der Waals surface area (Å²) in [5, 5.41) is 15.5. The molecular weight excluding hydrogens is 361 g/mol. The van der Waals surface area contributed by atoms with Crippen LogP contribution in [0.2, 0.25) is 0 Å². The van der Waals surface area contributed by atoms with Gasteiger partial charge in [-0.2, -0.15) is 10.2 Å². The molecule has 0 aliphatic carbocycles. The molecule has 1 N–H and O–H groups in total. The van der Waals surface area contributed by atoms with Gasteiger partial charge in [-0.1, -0.05) is 0 Å². The Kier molecular flexibility index (Phi) is 4.40. The van der Waals surface area contributed by atoms with E-state index in [0.29, 0.717) is 22.3 Å². The second-order valence-corrected chi connectivity index (χ2v) is 7.72. The molecule has 3 rings (SSSR count). The first-order chi connectivity index (χ1) is 12.2. The second-order valence-electron chi connectivity index (χ2n) is 5.58. The molecule has 10 heteroatoms. The molecule has 0 unspecified atom stereocenters. The Bertz CT molecular complexity index is 1160. The molecule has 2 heterocycles. The van der Waals surface area contributed by atoms with Crippen LogP contribution in [0.1, 0.15) is 5.56 Å². The van der Waals surface area contributed by atoms with Crippen molar-refractivity contribution in [2.24, 2.45) is 0 Å². The van der Waals surface area contributed by atoms with Crippen LogP contribution >= 0.6 is 0 Å². The monoisotopic (exact) mass is 373 g/mol. The molecule has 0 saturated heterocycles. The van der Waals surface area contributed by atoms with E-state index < -0.39 is 27.3 Å². The van der Waals surface area contributed by atoms with Gasteiger partial charge in [0.25, 0.3) is 0 Å². The highest BCUT2D eigenvalue weighted by molar-refractivity contribution is 7.91. The number of sulfone groups is 1. The number of pyridine rings is 1. The van der Waals surface area contributed by atoms with E-state index in [1.807, 2.05) is 6.07 Å². The number of fused-ring (bicyclic) bond motifs is 1. The van der Waals surface area contributed by atoms with Crippen molar-refractivity contribution in [3.63, 3.8) is 0 Å². The molecule has 0 atom stereocenters. The molecule has 0 radical (unpaired) electrons. The van der Waals surface area contributed by atoms with Crippen molar-refractivity contribution < 1.29 is 17.6 Å². The van der Waals surface area contributed by atoms with Gasteiger partial charge in [0.2, 0.25) is 11.9 Å². The zero-order valence-corrected chi connectivity index (χ0v) is 14.3. The number of nitrogens with zero attached hydrogens (tertiary/aromatic N) is 4. The van der Waals surface area contributed by atoms with Crippen LogP contribution in [-0.2, 0) is 14.6 Å². The smallest absolute Gasteiger partial charge is 0.249 e. The molecule has 26 heavy (non-hydrogen) atoms. The zero-order chi connectivity index (χ0) is 18.9. The summed E-state index contributed by atoms with van der Waals surface area (Å²) in [6.45, 7) is 0. The first-order valence-corrected chi connectivity index (χ1v) is 9.35. The Morgan fingerprint density at radius 3 is 2.81 bits per heavy atom. The number of carbonyl (C=O) groups is 1. The molecule has 0 bridgehead atoms. The standard InChI is InChI=1S/C16H12FN5O3S/c1-26(24,25)9-15(23)20-16-19-14-5-3-11(8-22(14)21-16)13-6-12(17)4-2-10(13)7-18/h2-6,8H,9H2,1H3,(H,20,21,23). The number of rotatable bonds is 4. The number of halogens is 1. The van der Waals surface area contributed by atoms with Crippen molar-refractivity contribution in [3.8, 4) is 17.2 Å². The van der Waals surface area contributed by atoms with E-state index in [1.54, 1.807) is 12.1 Å². The van der Waals surface area contributed by atoms with Crippen molar-refractivity contribution in [3.05, 3.63) is 47.9 Å². The Hall–Kier alpha value is -3.32. The summed E-state index contributed by atoms with van der Waals surface area (Å²) >= 11 is 0.